The van der Waals surface area contributed by atoms with Gasteiger partial charge in [-0.2, -0.15) is 20.4 Å². The van der Waals surface area contributed by atoms with E-state index in [-0.39, 0.29) is 0 Å². The molecule has 0 aliphatic carbocycles. The van der Waals surface area contributed by atoms with Gasteiger partial charge in [0.05, 0.1) is 0 Å². The summed E-state index contributed by atoms with van der Waals surface area (Å²) in [4.78, 5) is 0. The number of unbranched alkanes of at least 4 members (excludes halogenated alkanes) is 6. The third kappa shape index (κ3) is 26.7. The van der Waals surface area contributed by atoms with Crippen LogP contribution in [0.5, 0.6) is 0 Å². The van der Waals surface area contributed by atoms with E-state index < -0.39 is 0 Å². The highest BCUT2D eigenvalue weighted by atomic mass is 15.2. The van der Waals surface area contributed by atoms with Crippen molar-refractivity contribution in [1.82, 2.24) is 0 Å². The van der Waals surface area contributed by atoms with E-state index in [1.165, 1.54) is 64.2 Å². The predicted molar refractivity (Wildman–Crippen MR) is 135 cm³/mol. The van der Waals surface area contributed by atoms with Gasteiger partial charge in [-0.1, -0.05) is 85.0 Å². The fourth-order valence-corrected chi connectivity index (χ4v) is 2.80. The molecule has 0 aliphatic heterocycles. The van der Waals surface area contributed by atoms with Crippen LogP contribution in [0.4, 0.5) is 0 Å². The molecule has 0 N–H and O–H groups in total. The quantitative estimate of drug-likeness (QED) is 0.157. The topological polar surface area (TPSA) is 49.4 Å². The first-order chi connectivity index (χ1) is 13.7. The average Bonchev–Trinajstić information content (AvgIpc) is 2.66. The molecule has 0 fully saturated rings. The summed E-state index contributed by atoms with van der Waals surface area (Å²) in [5.74, 6) is 0.976. The van der Waals surface area contributed by atoms with Gasteiger partial charge in [-0.25, -0.2) is 0 Å². The van der Waals surface area contributed by atoms with Gasteiger partial charge in [0.15, 0.2) is 0 Å². The van der Waals surface area contributed by atoms with Crippen molar-refractivity contribution >= 4 is 22.8 Å². The number of rotatable bonds is 14. The minimum absolute atomic E-state index is 0.716. The lowest BCUT2D eigenvalue weighted by Gasteiger charge is -2.10. The molecule has 0 aromatic heterocycles. The Morgan fingerprint density at radius 2 is 0.931 bits per heavy atom. The lowest BCUT2D eigenvalue weighted by molar-refractivity contribution is 0.436. The molecular weight excluding hydrogens is 356 g/mol. The molecule has 0 unspecified atom stereocenters. The van der Waals surface area contributed by atoms with Crippen LogP contribution in [0.3, 0.4) is 0 Å². The molecule has 0 radical (unpaired) electrons. The van der Waals surface area contributed by atoms with Crippen LogP contribution in [0.2, 0.25) is 0 Å². The Kier molecular flexibility index (Phi) is 22.0. The number of nitrogens with zero attached hydrogens (tertiary/aromatic N) is 4. The molecule has 0 aliphatic rings. The third-order valence-electron chi connectivity index (χ3n) is 4.45. The van der Waals surface area contributed by atoms with Crippen molar-refractivity contribution in [2.75, 3.05) is 0 Å². The highest BCUT2D eigenvalue weighted by Gasteiger charge is 2.01. The van der Waals surface area contributed by atoms with Gasteiger partial charge in [0.2, 0.25) is 0 Å². The van der Waals surface area contributed by atoms with E-state index in [1.54, 1.807) is 0 Å². The van der Waals surface area contributed by atoms with Crippen molar-refractivity contribution in [3.63, 3.8) is 0 Å². The molecule has 0 bridgehead atoms. The zero-order valence-electron chi connectivity index (χ0n) is 21.1. The Morgan fingerprint density at radius 1 is 0.552 bits per heavy atom. The van der Waals surface area contributed by atoms with E-state index in [2.05, 4.69) is 41.2 Å². The summed E-state index contributed by atoms with van der Waals surface area (Å²) in [6.45, 7) is 18.6. The molecule has 4 nitrogen and oxygen atoms in total. The number of hydrogen-bond donors (Lipinski definition) is 0. The van der Waals surface area contributed by atoms with E-state index in [4.69, 9.17) is 0 Å². The molecule has 0 rings (SSSR count). The molecule has 0 atom stereocenters. The highest BCUT2D eigenvalue weighted by Crippen LogP contribution is 2.17. The van der Waals surface area contributed by atoms with Gasteiger partial charge in [0, 0.05) is 29.3 Å². The lowest BCUT2D eigenvalue weighted by Crippen LogP contribution is -2.00. The van der Waals surface area contributed by atoms with Crippen molar-refractivity contribution in [1.29, 1.82) is 0 Å². The summed E-state index contributed by atoms with van der Waals surface area (Å²) < 4.78 is 0. The van der Waals surface area contributed by atoms with Gasteiger partial charge in [0.25, 0.3) is 0 Å². The van der Waals surface area contributed by atoms with Gasteiger partial charge in [-0.3, -0.25) is 0 Å². The summed E-state index contributed by atoms with van der Waals surface area (Å²) in [5, 5.41) is 16.1. The second-order valence-corrected chi connectivity index (χ2v) is 8.75. The Labute approximate surface area is 182 Å². The first-order valence-corrected chi connectivity index (χ1v) is 11.8. The van der Waals surface area contributed by atoms with Gasteiger partial charge < -0.3 is 0 Å². The predicted octanol–water partition coefficient (Wildman–Crippen LogP) is 8.65. The largest absolute Gasteiger partial charge is 0.161 e. The Bertz CT molecular complexity index is 449. The normalized spacial score (nSPS) is 11.8. The van der Waals surface area contributed by atoms with Gasteiger partial charge >= 0.3 is 0 Å². The SMILES string of the molecule is CC(C)=N/N=C(/C)C/C(C)=N\N=C(C)C.CCCCCCC(C)CCCCCC. The lowest BCUT2D eigenvalue weighted by atomic mass is 9.96. The van der Waals surface area contributed by atoms with Gasteiger partial charge in [-0.15, -0.1) is 0 Å². The van der Waals surface area contributed by atoms with Crippen LogP contribution in [-0.2, 0) is 0 Å². The van der Waals surface area contributed by atoms with Crippen LogP contribution in [0, 0.1) is 5.92 Å². The Hall–Kier alpha value is -1.32. The summed E-state index contributed by atoms with van der Waals surface area (Å²) in [7, 11) is 0. The van der Waals surface area contributed by atoms with E-state index in [9.17, 15) is 0 Å². The maximum Gasteiger partial charge on any atom is 0.0431 e. The standard InChI is InChI=1S/C14H30.C11H20N4/c1-4-6-8-10-12-14(3)13-11-9-7-5-2;1-8(2)12-14-10(5)7-11(6)15-13-9(3)4/h14H,4-13H2,1-3H3;7H2,1-6H3/b;14-10-,15-11-. The van der Waals surface area contributed by atoms with Crippen molar-refractivity contribution in [2.45, 2.75) is 133 Å². The summed E-state index contributed by atoms with van der Waals surface area (Å²) >= 11 is 0. The zero-order valence-corrected chi connectivity index (χ0v) is 21.1. The van der Waals surface area contributed by atoms with E-state index in [0.717, 1.165) is 28.8 Å². The fourth-order valence-electron chi connectivity index (χ4n) is 2.80. The summed E-state index contributed by atoms with van der Waals surface area (Å²) in [6.07, 6.45) is 15.1. The van der Waals surface area contributed by atoms with Crippen LogP contribution < -0.4 is 0 Å². The molecular formula is C25H50N4. The molecule has 0 spiro atoms. The van der Waals surface area contributed by atoms with Crippen LogP contribution in [0.1, 0.15) is 133 Å². The van der Waals surface area contributed by atoms with Crippen molar-refractivity contribution in [2.24, 2.45) is 26.3 Å². The minimum atomic E-state index is 0.716. The molecule has 0 aromatic carbocycles. The fraction of sp³-hybridized carbons (Fsp3) is 0.840. The molecule has 0 saturated heterocycles. The second kappa shape index (κ2) is 21.4. The van der Waals surface area contributed by atoms with Crippen LogP contribution in [0.15, 0.2) is 20.4 Å². The third-order valence-corrected chi connectivity index (χ3v) is 4.45. The first kappa shape index (κ1) is 29.9. The van der Waals surface area contributed by atoms with Crippen molar-refractivity contribution < 1.29 is 0 Å². The monoisotopic (exact) mass is 406 g/mol. The molecule has 0 saturated carbocycles. The molecule has 4 heteroatoms. The highest BCUT2D eigenvalue weighted by molar-refractivity contribution is 6.02. The van der Waals surface area contributed by atoms with Crippen LogP contribution >= 0.6 is 0 Å². The molecule has 29 heavy (non-hydrogen) atoms. The smallest absolute Gasteiger partial charge is 0.0431 e. The van der Waals surface area contributed by atoms with Gasteiger partial charge in [0.1, 0.15) is 0 Å². The van der Waals surface area contributed by atoms with Crippen LogP contribution in [-0.4, -0.2) is 22.8 Å². The zero-order chi connectivity index (χ0) is 22.5. The maximum atomic E-state index is 4.07. The van der Waals surface area contributed by atoms with Gasteiger partial charge in [-0.05, 0) is 47.5 Å². The van der Waals surface area contributed by atoms with E-state index in [1.807, 2.05) is 41.5 Å². The molecule has 0 aromatic rings. The van der Waals surface area contributed by atoms with E-state index >= 15 is 0 Å². The summed E-state index contributed by atoms with van der Waals surface area (Å²) in [5.41, 5.74) is 3.79. The van der Waals surface area contributed by atoms with E-state index in [0.29, 0.717) is 6.42 Å². The minimum Gasteiger partial charge on any atom is -0.161 e. The number of hydrogen-bond acceptors (Lipinski definition) is 4. The molecule has 0 heterocycles. The molecule has 170 valence electrons. The average molecular weight is 407 g/mol. The maximum absolute atomic E-state index is 4.07. The molecule has 0 amide bonds. The first-order valence-electron chi connectivity index (χ1n) is 11.8. The Morgan fingerprint density at radius 3 is 1.24 bits per heavy atom. The second-order valence-electron chi connectivity index (χ2n) is 8.75. The van der Waals surface area contributed by atoms with Crippen molar-refractivity contribution in [3.05, 3.63) is 0 Å². The summed E-state index contributed by atoms with van der Waals surface area (Å²) in [6, 6.07) is 0. The Balaban J connectivity index is 0. The van der Waals surface area contributed by atoms with Crippen LogP contribution in [0.25, 0.3) is 0 Å². The van der Waals surface area contributed by atoms with Crippen molar-refractivity contribution in [3.8, 4) is 0 Å².